The molecule has 0 radical (unpaired) electrons. The van der Waals surface area contributed by atoms with E-state index < -0.39 is 0 Å². The largest absolute Gasteiger partial charge is 0.497 e. The Morgan fingerprint density at radius 3 is 2.53 bits per heavy atom. The molecular formula is C17H17NO. The van der Waals surface area contributed by atoms with Crippen molar-refractivity contribution in [2.24, 2.45) is 0 Å². The molecule has 0 saturated heterocycles. The van der Waals surface area contributed by atoms with Gasteiger partial charge >= 0.3 is 0 Å². The van der Waals surface area contributed by atoms with Gasteiger partial charge in [0.05, 0.1) is 7.11 Å². The summed E-state index contributed by atoms with van der Waals surface area (Å²) < 4.78 is 5.15. The second-order valence-corrected chi connectivity index (χ2v) is 4.36. The SMILES string of the molecule is C#Cc1cccc(NC(C)c2ccc(OC)cc2)c1. The van der Waals surface area contributed by atoms with Gasteiger partial charge in [-0.15, -0.1) is 6.42 Å². The number of rotatable bonds is 4. The molecule has 0 aromatic heterocycles. The summed E-state index contributed by atoms with van der Waals surface area (Å²) in [6.07, 6.45) is 5.40. The maximum atomic E-state index is 5.40. The highest BCUT2D eigenvalue weighted by Crippen LogP contribution is 2.22. The average molecular weight is 251 g/mol. The van der Waals surface area contributed by atoms with E-state index in [0.29, 0.717) is 0 Å². The fourth-order valence-electron chi connectivity index (χ4n) is 1.92. The number of anilines is 1. The third-order valence-corrected chi connectivity index (χ3v) is 3.03. The van der Waals surface area contributed by atoms with Crippen LogP contribution in [0.2, 0.25) is 0 Å². The summed E-state index contributed by atoms with van der Waals surface area (Å²) in [5.41, 5.74) is 3.11. The van der Waals surface area contributed by atoms with E-state index in [-0.39, 0.29) is 6.04 Å². The lowest BCUT2D eigenvalue weighted by atomic mass is 10.1. The fraction of sp³-hybridized carbons (Fsp3) is 0.176. The second-order valence-electron chi connectivity index (χ2n) is 4.36. The van der Waals surface area contributed by atoms with Crippen molar-refractivity contribution in [2.75, 3.05) is 12.4 Å². The van der Waals surface area contributed by atoms with E-state index in [1.165, 1.54) is 5.56 Å². The minimum atomic E-state index is 0.207. The first-order chi connectivity index (χ1) is 9.22. The van der Waals surface area contributed by atoms with Crippen molar-refractivity contribution in [3.8, 4) is 18.1 Å². The molecule has 2 rings (SSSR count). The van der Waals surface area contributed by atoms with Gasteiger partial charge in [-0.25, -0.2) is 0 Å². The van der Waals surface area contributed by atoms with E-state index in [0.717, 1.165) is 17.0 Å². The van der Waals surface area contributed by atoms with Gasteiger partial charge in [0.1, 0.15) is 5.75 Å². The molecule has 0 amide bonds. The third kappa shape index (κ3) is 3.29. The van der Waals surface area contributed by atoms with Gasteiger partial charge in [-0.1, -0.05) is 24.1 Å². The molecule has 0 spiro atoms. The van der Waals surface area contributed by atoms with Gasteiger partial charge < -0.3 is 10.1 Å². The van der Waals surface area contributed by atoms with Gasteiger partial charge in [-0.05, 0) is 42.8 Å². The highest BCUT2D eigenvalue weighted by Gasteiger charge is 2.05. The quantitative estimate of drug-likeness (QED) is 0.833. The zero-order valence-corrected chi connectivity index (χ0v) is 11.2. The molecule has 1 unspecified atom stereocenters. The van der Waals surface area contributed by atoms with Crippen molar-refractivity contribution >= 4 is 5.69 Å². The first-order valence-corrected chi connectivity index (χ1v) is 6.20. The van der Waals surface area contributed by atoms with Crippen LogP contribution in [0, 0.1) is 12.3 Å². The maximum absolute atomic E-state index is 5.40. The van der Waals surface area contributed by atoms with E-state index >= 15 is 0 Å². The summed E-state index contributed by atoms with van der Waals surface area (Å²) in [5.74, 6) is 3.50. The molecule has 1 N–H and O–H groups in total. The van der Waals surface area contributed by atoms with E-state index in [2.05, 4.69) is 30.3 Å². The number of hydrogen-bond acceptors (Lipinski definition) is 2. The zero-order chi connectivity index (χ0) is 13.7. The first-order valence-electron chi connectivity index (χ1n) is 6.20. The smallest absolute Gasteiger partial charge is 0.118 e. The molecule has 0 saturated carbocycles. The van der Waals surface area contributed by atoms with Crippen molar-refractivity contribution in [3.63, 3.8) is 0 Å². The summed E-state index contributed by atoms with van der Waals surface area (Å²) in [6.45, 7) is 2.12. The molecule has 2 heteroatoms. The molecular weight excluding hydrogens is 234 g/mol. The van der Waals surface area contributed by atoms with Crippen LogP contribution in [0.3, 0.4) is 0 Å². The van der Waals surface area contributed by atoms with Crippen LogP contribution in [0.15, 0.2) is 48.5 Å². The predicted molar refractivity (Wildman–Crippen MR) is 79.4 cm³/mol. The summed E-state index contributed by atoms with van der Waals surface area (Å²) in [7, 11) is 1.67. The normalized spacial score (nSPS) is 11.4. The number of terminal acetylenes is 1. The molecule has 0 bridgehead atoms. The molecule has 0 aliphatic carbocycles. The molecule has 0 fully saturated rings. The minimum Gasteiger partial charge on any atom is -0.497 e. The summed E-state index contributed by atoms with van der Waals surface area (Å²) in [4.78, 5) is 0. The highest BCUT2D eigenvalue weighted by atomic mass is 16.5. The minimum absolute atomic E-state index is 0.207. The first kappa shape index (κ1) is 13.0. The molecule has 0 aliphatic heterocycles. The topological polar surface area (TPSA) is 21.3 Å². The van der Waals surface area contributed by atoms with Gasteiger partial charge in [0.2, 0.25) is 0 Å². The fourth-order valence-corrected chi connectivity index (χ4v) is 1.92. The lowest BCUT2D eigenvalue weighted by molar-refractivity contribution is 0.414. The van der Waals surface area contributed by atoms with E-state index in [4.69, 9.17) is 11.2 Å². The lowest BCUT2D eigenvalue weighted by Crippen LogP contribution is -2.06. The lowest BCUT2D eigenvalue weighted by Gasteiger charge is -2.16. The van der Waals surface area contributed by atoms with Crippen molar-refractivity contribution in [1.82, 2.24) is 0 Å². The van der Waals surface area contributed by atoms with Gasteiger partial charge in [-0.2, -0.15) is 0 Å². The van der Waals surface area contributed by atoms with E-state index in [9.17, 15) is 0 Å². The van der Waals surface area contributed by atoms with Gasteiger partial charge in [0.25, 0.3) is 0 Å². The molecule has 1 atom stereocenters. The Kier molecular flexibility index (Phi) is 4.10. The Bertz CT molecular complexity index is 581. The molecule has 19 heavy (non-hydrogen) atoms. The van der Waals surface area contributed by atoms with Crippen LogP contribution in [-0.4, -0.2) is 7.11 Å². The van der Waals surface area contributed by atoms with Crippen LogP contribution < -0.4 is 10.1 Å². The monoisotopic (exact) mass is 251 g/mol. The number of nitrogens with one attached hydrogen (secondary N) is 1. The number of hydrogen-bond donors (Lipinski definition) is 1. The van der Waals surface area contributed by atoms with Crippen LogP contribution in [-0.2, 0) is 0 Å². The van der Waals surface area contributed by atoms with Crippen molar-refractivity contribution in [2.45, 2.75) is 13.0 Å². The molecule has 2 aromatic carbocycles. The van der Waals surface area contributed by atoms with Crippen LogP contribution in [0.25, 0.3) is 0 Å². The van der Waals surface area contributed by atoms with Crippen LogP contribution >= 0.6 is 0 Å². The Morgan fingerprint density at radius 2 is 1.89 bits per heavy atom. The summed E-state index contributed by atoms with van der Waals surface area (Å²) in [5, 5.41) is 3.43. The van der Waals surface area contributed by atoms with Gasteiger partial charge in [-0.3, -0.25) is 0 Å². The van der Waals surface area contributed by atoms with E-state index in [1.807, 2.05) is 36.4 Å². The Hall–Kier alpha value is -2.40. The number of ether oxygens (including phenoxy) is 1. The van der Waals surface area contributed by atoms with Crippen LogP contribution in [0.1, 0.15) is 24.1 Å². The molecule has 96 valence electrons. The summed E-state index contributed by atoms with van der Waals surface area (Å²) in [6, 6.07) is 16.1. The third-order valence-electron chi connectivity index (χ3n) is 3.03. The van der Waals surface area contributed by atoms with Crippen molar-refractivity contribution in [3.05, 3.63) is 59.7 Å². The van der Waals surface area contributed by atoms with E-state index in [1.54, 1.807) is 7.11 Å². The molecule has 2 nitrogen and oxygen atoms in total. The average Bonchev–Trinajstić information content (AvgIpc) is 2.47. The maximum Gasteiger partial charge on any atom is 0.118 e. The Balaban J connectivity index is 2.11. The zero-order valence-electron chi connectivity index (χ0n) is 11.2. The number of methoxy groups -OCH3 is 1. The molecule has 2 aromatic rings. The Morgan fingerprint density at radius 1 is 1.16 bits per heavy atom. The van der Waals surface area contributed by atoms with Gasteiger partial charge in [0.15, 0.2) is 0 Å². The second kappa shape index (κ2) is 5.97. The Labute approximate surface area is 114 Å². The number of benzene rings is 2. The predicted octanol–water partition coefficient (Wildman–Crippen LogP) is 3.85. The van der Waals surface area contributed by atoms with Crippen molar-refractivity contribution < 1.29 is 4.74 Å². The summed E-state index contributed by atoms with van der Waals surface area (Å²) >= 11 is 0. The van der Waals surface area contributed by atoms with Gasteiger partial charge in [0, 0.05) is 17.3 Å². The molecule has 0 aliphatic rings. The van der Waals surface area contributed by atoms with Crippen LogP contribution in [0.5, 0.6) is 5.75 Å². The standard InChI is InChI=1S/C17H17NO/c1-4-14-6-5-7-16(12-14)18-13(2)15-8-10-17(19-3)11-9-15/h1,5-13,18H,2-3H3. The molecule has 0 heterocycles. The van der Waals surface area contributed by atoms with Crippen molar-refractivity contribution in [1.29, 1.82) is 0 Å². The highest BCUT2D eigenvalue weighted by molar-refractivity contribution is 5.51. The van der Waals surface area contributed by atoms with Crippen LogP contribution in [0.4, 0.5) is 5.69 Å².